The van der Waals surface area contributed by atoms with Crippen LogP contribution < -0.4 is 0 Å². The summed E-state index contributed by atoms with van der Waals surface area (Å²) in [5, 5.41) is 0. The Bertz CT molecular complexity index is 231. The number of amides is 1. The van der Waals surface area contributed by atoms with Crippen LogP contribution in [0.15, 0.2) is 0 Å². The first-order chi connectivity index (χ1) is 7.31. The van der Waals surface area contributed by atoms with Gasteiger partial charge in [-0.25, -0.2) is 0 Å². The van der Waals surface area contributed by atoms with Crippen LogP contribution in [0, 0.1) is 0 Å². The van der Waals surface area contributed by atoms with Crippen LogP contribution in [-0.2, 0) is 9.53 Å². The average Bonchev–Trinajstić information content (AvgIpc) is 2.78. The lowest BCUT2D eigenvalue weighted by Crippen LogP contribution is -2.45. The Labute approximate surface area is 95.1 Å². The lowest BCUT2D eigenvalue weighted by molar-refractivity contribution is -0.127. The van der Waals surface area contributed by atoms with Gasteiger partial charge < -0.3 is 9.64 Å². The van der Waals surface area contributed by atoms with Crippen molar-refractivity contribution in [3.8, 4) is 0 Å². The van der Waals surface area contributed by atoms with E-state index in [-0.39, 0.29) is 11.8 Å². The van der Waals surface area contributed by atoms with Gasteiger partial charge >= 0.3 is 0 Å². The summed E-state index contributed by atoms with van der Waals surface area (Å²) in [6.45, 7) is 5.32. The van der Waals surface area contributed by atoms with E-state index in [0.717, 1.165) is 45.8 Å². The quantitative estimate of drug-likeness (QED) is 0.636. The van der Waals surface area contributed by atoms with E-state index in [1.54, 1.807) is 0 Å². The molecule has 0 saturated carbocycles. The van der Waals surface area contributed by atoms with Crippen molar-refractivity contribution in [1.29, 1.82) is 0 Å². The zero-order valence-electron chi connectivity index (χ0n) is 8.82. The second-order valence-electron chi connectivity index (χ2n) is 4.06. The van der Waals surface area contributed by atoms with Crippen molar-refractivity contribution < 1.29 is 9.53 Å². The summed E-state index contributed by atoms with van der Waals surface area (Å²) in [6.07, 6.45) is 1.07. The van der Waals surface area contributed by atoms with Crippen molar-refractivity contribution in [3.63, 3.8) is 0 Å². The standard InChI is InChI=1S/C10H17ClN2O2/c11-7-10(14)13-2-1-9(8-13)12-3-5-15-6-4-12/h9H,1-8H2. The first-order valence-corrected chi connectivity index (χ1v) is 6.00. The maximum absolute atomic E-state index is 11.4. The summed E-state index contributed by atoms with van der Waals surface area (Å²) < 4.78 is 5.31. The van der Waals surface area contributed by atoms with Gasteiger partial charge in [0.25, 0.3) is 0 Å². The SMILES string of the molecule is O=C(CCl)N1CCC(N2CCOCC2)C1. The molecule has 0 bridgehead atoms. The molecule has 0 aromatic rings. The number of nitrogens with zero attached hydrogens (tertiary/aromatic N) is 2. The molecule has 2 rings (SSSR count). The highest BCUT2D eigenvalue weighted by atomic mass is 35.5. The van der Waals surface area contributed by atoms with Gasteiger partial charge in [-0.05, 0) is 6.42 Å². The van der Waals surface area contributed by atoms with Gasteiger partial charge in [-0.3, -0.25) is 9.69 Å². The Morgan fingerprint density at radius 1 is 1.33 bits per heavy atom. The van der Waals surface area contributed by atoms with E-state index in [9.17, 15) is 4.79 Å². The molecule has 1 unspecified atom stereocenters. The summed E-state index contributed by atoms with van der Waals surface area (Å²) in [5.41, 5.74) is 0. The normalized spacial score (nSPS) is 28.3. The van der Waals surface area contributed by atoms with Crippen LogP contribution in [0.5, 0.6) is 0 Å². The van der Waals surface area contributed by atoms with Crippen molar-refractivity contribution >= 4 is 17.5 Å². The Balaban J connectivity index is 1.83. The van der Waals surface area contributed by atoms with Gasteiger partial charge in [0.15, 0.2) is 0 Å². The fraction of sp³-hybridized carbons (Fsp3) is 0.900. The molecule has 86 valence electrons. The van der Waals surface area contributed by atoms with Gasteiger partial charge in [-0.15, -0.1) is 11.6 Å². The molecule has 0 aliphatic carbocycles. The molecule has 0 aromatic carbocycles. The third-order valence-electron chi connectivity index (χ3n) is 3.19. The van der Waals surface area contributed by atoms with Gasteiger partial charge in [-0.2, -0.15) is 0 Å². The van der Waals surface area contributed by atoms with Crippen LogP contribution in [0.25, 0.3) is 0 Å². The molecular formula is C10H17ClN2O2. The third-order valence-corrected chi connectivity index (χ3v) is 3.42. The van der Waals surface area contributed by atoms with Crippen molar-refractivity contribution in [2.75, 3.05) is 45.3 Å². The summed E-state index contributed by atoms with van der Waals surface area (Å²) >= 11 is 5.54. The fourth-order valence-corrected chi connectivity index (χ4v) is 2.46. The smallest absolute Gasteiger partial charge is 0.237 e. The van der Waals surface area contributed by atoms with E-state index in [0.29, 0.717) is 6.04 Å². The average molecular weight is 233 g/mol. The minimum Gasteiger partial charge on any atom is -0.379 e. The van der Waals surface area contributed by atoms with E-state index >= 15 is 0 Å². The van der Waals surface area contributed by atoms with E-state index < -0.39 is 0 Å². The fourth-order valence-electron chi connectivity index (χ4n) is 2.29. The van der Waals surface area contributed by atoms with Crippen LogP contribution >= 0.6 is 11.6 Å². The topological polar surface area (TPSA) is 32.8 Å². The van der Waals surface area contributed by atoms with Crippen LogP contribution in [0.1, 0.15) is 6.42 Å². The number of rotatable bonds is 2. The number of hydrogen-bond acceptors (Lipinski definition) is 3. The number of morpholine rings is 1. The van der Waals surface area contributed by atoms with Crippen molar-refractivity contribution in [1.82, 2.24) is 9.80 Å². The monoisotopic (exact) mass is 232 g/mol. The van der Waals surface area contributed by atoms with Gasteiger partial charge in [0.2, 0.25) is 5.91 Å². The van der Waals surface area contributed by atoms with E-state index in [2.05, 4.69) is 4.90 Å². The molecule has 15 heavy (non-hydrogen) atoms. The van der Waals surface area contributed by atoms with E-state index in [1.807, 2.05) is 4.90 Å². The Hall–Kier alpha value is -0.320. The number of ether oxygens (including phenoxy) is 1. The van der Waals surface area contributed by atoms with E-state index in [4.69, 9.17) is 16.3 Å². The number of alkyl halides is 1. The maximum Gasteiger partial charge on any atom is 0.237 e. The molecule has 2 aliphatic heterocycles. The highest BCUT2D eigenvalue weighted by Crippen LogP contribution is 2.17. The second-order valence-corrected chi connectivity index (χ2v) is 4.33. The summed E-state index contributed by atoms with van der Waals surface area (Å²) in [7, 11) is 0. The molecule has 0 aromatic heterocycles. The lowest BCUT2D eigenvalue weighted by atomic mass is 10.2. The van der Waals surface area contributed by atoms with Gasteiger partial charge in [-0.1, -0.05) is 0 Å². The molecule has 0 spiro atoms. The van der Waals surface area contributed by atoms with E-state index in [1.165, 1.54) is 0 Å². The van der Waals surface area contributed by atoms with Crippen molar-refractivity contribution in [2.24, 2.45) is 0 Å². The number of halogens is 1. The molecule has 2 aliphatic rings. The Kier molecular flexibility index (Phi) is 3.83. The van der Waals surface area contributed by atoms with Crippen molar-refractivity contribution in [2.45, 2.75) is 12.5 Å². The predicted octanol–water partition coefficient (Wildman–Crippen LogP) is 0.158. The lowest BCUT2D eigenvalue weighted by Gasteiger charge is -2.31. The zero-order valence-corrected chi connectivity index (χ0v) is 9.58. The molecule has 1 atom stereocenters. The molecule has 4 nitrogen and oxygen atoms in total. The van der Waals surface area contributed by atoms with Gasteiger partial charge in [0, 0.05) is 32.2 Å². The summed E-state index contributed by atoms with van der Waals surface area (Å²) in [4.78, 5) is 15.7. The van der Waals surface area contributed by atoms with Gasteiger partial charge in [0.05, 0.1) is 13.2 Å². The highest BCUT2D eigenvalue weighted by Gasteiger charge is 2.30. The maximum atomic E-state index is 11.4. The summed E-state index contributed by atoms with van der Waals surface area (Å²) in [5.74, 6) is 0.169. The molecule has 5 heteroatoms. The number of likely N-dealkylation sites (tertiary alicyclic amines) is 1. The molecule has 0 N–H and O–H groups in total. The highest BCUT2D eigenvalue weighted by molar-refractivity contribution is 6.27. The zero-order chi connectivity index (χ0) is 10.7. The minimum atomic E-state index is 0.0624. The first-order valence-electron chi connectivity index (χ1n) is 5.47. The summed E-state index contributed by atoms with van der Waals surface area (Å²) in [6, 6.07) is 0.515. The number of hydrogen-bond donors (Lipinski definition) is 0. The molecule has 2 fully saturated rings. The van der Waals surface area contributed by atoms with Crippen LogP contribution in [0.2, 0.25) is 0 Å². The second kappa shape index (κ2) is 5.14. The molecule has 2 saturated heterocycles. The van der Waals surface area contributed by atoms with Crippen LogP contribution in [0.4, 0.5) is 0 Å². The van der Waals surface area contributed by atoms with Crippen LogP contribution in [-0.4, -0.2) is 67.0 Å². The predicted molar refractivity (Wildman–Crippen MR) is 58.1 cm³/mol. The Morgan fingerprint density at radius 3 is 2.73 bits per heavy atom. The third kappa shape index (κ3) is 2.62. The number of carbonyl (C=O) groups excluding carboxylic acids is 1. The largest absolute Gasteiger partial charge is 0.379 e. The van der Waals surface area contributed by atoms with Crippen molar-refractivity contribution in [3.05, 3.63) is 0 Å². The molecule has 2 heterocycles. The number of carbonyl (C=O) groups is 1. The first kappa shape index (κ1) is 11.2. The molecule has 1 amide bonds. The Morgan fingerprint density at radius 2 is 2.07 bits per heavy atom. The minimum absolute atomic E-state index is 0.0624. The molecular weight excluding hydrogens is 216 g/mol. The van der Waals surface area contributed by atoms with Crippen LogP contribution in [0.3, 0.4) is 0 Å². The van der Waals surface area contributed by atoms with Gasteiger partial charge in [0.1, 0.15) is 5.88 Å². The molecule has 0 radical (unpaired) electrons.